The van der Waals surface area contributed by atoms with Crippen LogP contribution in [-0.2, 0) is 10.0 Å². The third-order valence-corrected chi connectivity index (χ3v) is 4.29. The van der Waals surface area contributed by atoms with Crippen molar-refractivity contribution in [1.82, 2.24) is 14.7 Å². The van der Waals surface area contributed by atoms with Crippen LogP contribution < -0.4 is 16.0 Å². The average molecular weight is 293 g/mol. The van der Waals surface area contributed by atoms with E-state index in [0.29, 0.717) is 0 Å². The van der Waals surface area contributed by atoms with Gasteiger partial charge in [-0.3, -0.25) is 4.98 Å². The van der Waals surface area contributed by atoms with Gasteiger partial charge in [-0.2, -0.15) is 0 Å². The highest BCUT2D eigenvalue weighted by Crippen LogP contribution is 2.20. The third kappa shape index (κ3) is 3.10. The molecule has 0 aliphatic carbocycles. The summed E-state index contributed by atoms with van der Waals surface area (Å²) >= 11 is 0. The zero-order chi connectivity index (χ0) is 14.6. The number of hydrogen-bond donors (Lipinski definition) is 3. The molecule has 0 amide bonds. The second kappa shape index (κ2) is 5.95. The number of pyridine rings is 2. The Hall–Kier alpha value is -2.03. The maximum Gasteiger partial charge on any atom is 0.244 e. The van der Waals surface area contributed by atoms with Crippen LogP contribution in [-0.4, -0.2) is 18.4 Å². The molecule has 1 unspecified atom stereocenters. The molecular weight excluding hydrogens is 278 g/mol. The van der Waals surface area contributed by atoms with Crippen molar-refractivity contribution in [1.29, 1.82) is 0 Å². The van der Waals surface area contributed by atoms with Gasteiger partial charge in [0.25, 0.3) is 0 Å². The summed E-state index contributed by atoms with van der Waals surface area (Å²) in [5.41, 5.74) is 3.04. The Morgan fingerprint density at radius 1 is 1.25 bits per heavy atom. The van der Waals surface area contributed by atoms with Crippen LogP contribution in [0.1, 0.15) is 18.5 Å². The van der Waals surface area contributed by atoms with Crippen molar-refractivity contribution in [3.8, 4) is 0 Å². The maximum atomic E-state index is 12.3. The van der Waals surface area contributed by atoms with Crippen LogP contribution in [0.25, 0.3) is 0 Å². The Balaban J connectivity index is 2.28. The lowest BCUT2D eigenvalue weighted by Crippen LogP contribution is -2.28. The molecule has 0 fully saturated rings. The predicted molar refractivity (Wildman–Crippen MR) is 75.0 cm³/mol. The van der Waals surface area contributed by atoms with Gasteiger partial charge in [0.1, 0.15) is 4.90 Å². The van der Waals surface area contributed by atoms with Crippen LogP contribution in [0.2, 0.25) is 0 Å². The highest BCUT2D eigenvalue weighted by atomic mass is 32.2. The predicted octanol–water partition coefficient (Wildman–Crippen LogP) is 0.802. The Labute approximate surface area is 117 Å². The molecule has 2 aromatic heterocycles. The highest BCUT2D eigenvalue weighted by Gasteiger charge is 2.22. The molecule has 0 saturated carbocycles. The van der Waals surface area contributed by atoms with E-state index in [4.69, 9.17) is 5.84 Å². The van der Waals surface area contributed by atoms with Gasteiger partial charge in [0.2, 0.25) is 10.0 Å². The third-order valence-electron chi connectivity index (χ3n) is 2.71. The van der Waals surface area contributed by atoms with E-state index < -0.39 is 16.1 Å². The number of hydrazine groups is 1. The van der Waals surface area contributed by atoms with Crippen LogP contribution in [0.15, 0.2) is 47.8 Å². The largest absolute Gasteiger partial charge is 0.307 e. The molecule has 4 N–H and O–H groups in total. The molecule has 0 bridgehead atoms. The second-order valence-electron chi connectivity index (χ2n) is 4.12. The number of sulfonamides is 1. The molecule has 0 saturated heterocycles. The van der Waals surface area contributed by atoms with Crippen molar-refractivity contribution >= 4 is 15.8 Å². The van der Waals surface area contributed by atoms with Crippen LogP contribution in [0.3, 0.4) is 0 Å². The van der Waals surface area contributed by atoms with E-state index in [9.17, 15) is 8.42 Å². The fourth-order valence-electron chi connectivity index (χ4n) is 1.71. The molecule has 7 nitrogen and oxygen atoms in total. The van der Waals surface area contributed by atoms with Crippen molar-refractivity contribution in [2.75, 3.05) is 5.43 Å². The first-order valence-electron chi connectivity index (χ1n) is 5.88. The lowest BCUT2D eigenvalue weighted by molar-refractivity contribution is 0.566. The first kappa shape index (κ1) is 14.4. The number of hydrogen-bond acceptors (Lipinski definition) is 6. The van der Waals surface area contributed by atoms with Gasteiger partial charge >= 0.3 is 0 Å². The lowest BCUT2D eigenvalue weighted by atomic mass is 10.2. The number of anilines is 1. The van der Waals surface area contributed by atoms with Gasteiger partial charge in [0.15, 0.2) is 5.82 Å². The number of nitrogens with zero attached hydrogens (tertiary/aromatic N) is 2. The summed E-state index contributed by atoms with van der Waals surface area (Å²) in [6.45, 7) is 1.74. The normalized spacial score (nSPS) is 12.9. The molecule has 0 radical (unpaired) electrons. The molecular formula is C12H15N5O2S. The smallest absolute Gasteiger partial charge is 0.244 e. The van der Waals surface area contributed by atoms with E-state index in [1.54, 1.807) is 31.5 Å². The maximum absolute atomic E-state index is 12.3. The summed E-state index contributed by atoms with van der Waals surface area (Å²) < 4.78 is 27.2. The number of nitrogens with one attached hydrogen (secondary N) is 2. The van der Waals surface area contributed by atoms with Crippen LogP contribution in [0.5, 0.6) is 0 Å². The van der Waals surface area contributed by atoms with E-state index >= 15 is 0 Å². The fourth-order valence-corrected chi connectivity index (χ4v) is 3.06. The molecule has 20 heavy (non-hydrogen) atoms. The summed E-state index contributed by atoms with van der Waals surface area (Å²) in [6.07, 6.45) is 4.69. The molecule has 8 heteroatoms. The molecule has 2 heterocycles. The summed E-state index contributed by atoms with van der Waals surface area (Å²) in [6, 6.07) is 6.09. The summed E-state index contributed by atoms with van der Waals surface area (Å²) in [4.78, 5) is 7.84. The minimum Gasteiger partial charge on any atom is -0.307 e. The number of rotatable bonds is 5. The first-order valence-corrected chi connectivity index (χ1v) is 7.37. The fraction of sp³-hybridized carbons (Fsp3) is 0.167. The molecule has 0 aromatic carbocycles. The molecule has 0 aliphatic rings. The summed E-state index contributed by atoms with van der Waals surface area (Å²) in [5.74, 6) is 5.37. The number of nitrogen functional groups attached to an aromatic ring is 1. The Kier molecular flexibility index (Phi) is 4.28. The lowest BCUT2D eigenvalue weighted by Gasteiger charge is -2.15. The van der Waals surface area contributed by atoms with Gasteiger partial charge in [-0.15, -0.1) is 0 Å². The van der Waals surface area contributed by atoms with E-state index in [1.165, 1.54) is 18.3 Å². The molecule has 2 aromatic rings. The van der Waals surface area contributed by atoms with Gasteiger partial charge in [0.05, 0.1) is 0 Å². The quantitative estimate of drug-likeness (QED) is 0.555. The molecule has 106 valence electrons. The minimum absolute atomic E-state index is 0.00163. The minimum atomic E-state index is -3.73. The van der Waals surface area contributed by atoms with Gasteiger partial charge < -0.3 is 5.43 Å². The summed E-state index contributed by atoms with van der Waals surface area (Å²) in [5, 5.41) is 0. The van der Waals surface area contributed by atoms with Crippen molar-refractivity contribution in [2.45, 2.75) is 17.9 Å². The van der Waals surface area contributed by atoms with E-state index in [1.807, 2.05) is 0 Å². The number of aromatic nitrogens is 2. The second-order valence-corrected chi connectivity index (χ2v) is 5.81. The van der Waals surface area contributed by atoms with Crippen LogP contribution >= 0.6 is 0 Å². The Morgan fingerprint density at radius 3 is 2.65 bits per heavy atom. The van der Waals surface area contributed by atoms with Gasteiger partial charge in [0, 0.05) is 24.6 Å². The average Bonchev–Trinajstić information content (AvgIpc) is 2.47. The SMILES string of the molecule is CC(NS(=O)(=O)c1cccnc1NN)c1cccnc1. The van der Waals surface area contributed by atoms with Crippen molar-refractivity contribution < 1.29 is 8.42 Å². The van der Waals surface area contributed by atoms with E-state index in [-0.39, 0.29) is 10.7 Å². The van der Waals surface area contributed by atoms with Crippen molar-refractivity contribution in [2.24, 2.45) is 5.84 Å². The zero-order valence-corrected chi connectivity index (χ0v) is 11.6. The number of nitrogens with two attached hydrogens (primary N) is 1. The molecule has 2 rings (SSSR count). The topological polar surface area (TPSA) is 110 Å². The van der Waals surface area contributed by atoms with Crippen LogP contribution in [0, 0.1) is 0 Å². The Morgan fingerprint density at radius 2 is 2.00 bits per heavy atom. The molecule has 0 spiro atoms. The van der Waals surface area contributed by atoms with E-state index in [0.717, 1.165) is 5.56 Å². The standard InChI is InChI=1S/C12H15N5O2S/c1-9(10-4-2-6-14-8-10)17-20(18,19)11-5-3-7-15-12(11)16-13/h2-9,17H,13H2,1H3,(H,15,16). The van der Waals surface area contributed by atoms with Gasteiger partial charge in [-0.05, 0) is 30.7 Å². The first-order chi connectivity index (χ1) is 9.54. The Bertz CT molecular complexity index is 675. The highest BCUT2D eigenvalue weighted by molar-refractivity contribution is 7.89. The summed E-state index contributed by atoms with van der Waals surface area (Å²) in [7, 11) is -3.73. The van der Waals surface area contributed by atoms with Crippen LogP contribution in [0.4, 0.5) is 5.82 Å². The van der Waals surface area contributed by atoms with Gasteiger partial charge in [-0.25, -0.2) is 24.0 Å². The molecule has 0 aliphatic heterocycles. The monoisotopic (exact) mass is 293 g/mol. The van der Waals surface area contributed by atoms with Crippen molar-refractivity contribution in [3.05, 3.63) is 48.4 Å². The molecule has 1 atom stereocenters. The van der Waals surface area contributed by atoms with Gasteiger partial charge in [-0.1, -0.05) is 6.07 Å². The zero-order valence-electron chi connectivity index (χ0n) is 10.8. The van der Waals surface area contributed by atoms with Crippen molar-refractivity contribution in [3.63, 3.8) is 0 Å². The van der Waals surface area contributed by atoms with E-state index in [2.05, 4.69) is 20.1 Å².